The van der Waals surface area contributed by atoms with Crippen molar-refractivity contribution in [3.63, 3.8) is 0 Å². The Labute approximate surface area is 190 Å². The molecule has 1 heterocycles. The van der Waals surface area contributed by atoms with E-state index in [9.17, 15) is 19.5 Å². The lowest BCUT2D eigenvalue weighted by Crippen LogP contribution is -2.67. The van der Waals surface area contributed by atoms with E-state index in [1.54, 1.807) is 25.7 Å². The number of alkyl carbamates (subject to hydrolysis) is 1. The van der Waals surface area contributed by atoms with Crippen LogP contribution in [0, 0.1) is 23.2 Å². The molecule has 8 heteroatoms. The molecule has 1 saturated heterocycles. The van der Waals surface area contributed by atoms with Gasteiger partial charge in [-0.3, -0.25) is 9.59 Å². The first-order valence-corrected chi connectivity index (χ1v) is 12.1. The summed E-state index contributed by atoms with van der Waals surface area (Å²) in [5.74, 6) is 0.0219. The number of rotatable bonds is 4. The van der Waals surface area contributed by atoms with Crippen molar-refractivity contribution in [1.82, 2.24) is 10.2 Å². The smallest absolute Gasteiger partial charge is 0.408 e. The zero-order valence-corrected chi connectivity index (χ0v) is 20.0. The van der Waals surface area contributed by atoms with E-state index in [0.29, 0.717) is 24.7 Å². The minimum absolute atomic E-state index is 0.124. The van der Waals surface area contributed by atoms with Gasteiger partial charge in [-0.25, -0.2) is 4.79 Å². The molecule has 0 aromatic heterocycles. The molecule has 5 fully saturated rings. The average Bonchev–Trinajstić information content (AvgIpc) is 2.91. The van der Waals surface area contributed by atoms with E-state index in [4.69, 9.17) is 10.5 Å². The standard InChI is InChI=1S/C24H39N3O5/c1-13-6-17(19(25)28)27(14(13)2)20(29)18(26-21(30)32-22(3,4)5)23-8-15-7-16(9-23)11-24(31,10-15)12-23/h13-18,31H,6-12H2,1-5H3,(H2,25,28)(H,26,30)/t13-,14?,15?,16?,17-,18+,23?,24?/m0/s1. The molecule has 180 valence electrons. The number of carbonyl (C=O) groups is 3. The SMILES string of the molecule is CC1[C@@H](C)C[C@@H](C(N)=O)N1C(=O)[C@@H](NC(=O)OC(C)(C)C)C12CC3CC(CC(O)(C3)C1)C2. The Hall–Kier alpha value is -1.83. The number of amides is 3. The summed E-state index contributed by atoms with van der Waals surface area (Å²) in [5.41, 5.74) is 3.64. The summed E-state index contributed by atoms with van der Waals surface area (Å²) in [6.45, 7) is 9.29. The molecule has 1 aliphatic heterocycles. The van der Waals surface area contributed by atoms with Crippen LogP contribution in [0.4, 0.5) is 4.79 Å². The van der Waals surface area contributed by atoms with E-state index in [1.165, 1.54) is 0 Å². The van der Waals surface area contributed by atoms with Gasteiger partial charge in [-0.1, -0.05) is 6.92 Å². The van der Waals surface area contributed by atoms with Crippen molar-refractivity contribution in [2.75, 3.05) is 0 Å². The number of primary amides is 1. The van der Waals surface area contributed by atoms with E-state index in [1.807, 2.05) is 13.8 Å². The van der Waals surface area contributed by atoms with E-state index < -0.39 is 40.7 Å². The van der Waals surface area contributed by atoms with Gasteiger partial charge in [0.05, 0.1) is 5.60 Å². The molecule has 5 aliphatic rings. The lowest BCUT2D eigenvalue weighted by atomic mass is 9.46. The van der Waals surface area contributed by atoms with Crippen molar-refractivity contribution in [3.8, 4) is 0 Å². The number of carbonyl (C=O) groups excluding carboxylic acids is 3. The molecule has 4 aliphatic carbocycles. The third-order valence-electron chi connectivity index (χ3n) is 8.37. The lowest BCUT2D eigenvalue weighted by molar-refractivity contribution is -0.181. The Balaban J connectivity index is 1.69. The van der Waals surface area contributed by atoms with Gasteiger partial charge in [0.25, 0.3) is 0 Å². The van der Waals surface area contributed by atoms with Crippen LogP contribution in [-0.4, -0.2) is 57.2 Å². The molecule has 0 spiro atoms. The molecule has 6 atom stereocenters. The van der Waals surface area contributed by atoms with Crippen molar-refractivity contribution in [3.05, 3.63) is 0 Å². The highest BCUT2D eigenvalue weighted by Gasteiger charge is 2.62. The zero-order valence-electron chi connectivity index (χ0n) is 20.0. The largest absolute Gasteiger partial charge is 0.444 e. The molecule has 8 nitrogen and oxygen atoms in total. The molecule has 3 amide bonds. The lowest BCUT2D eigenvalue weighted by Gasteiger charge is -2.62. The maximum atomic E-state index is 14.1. The second-order valence-electron chi connectivity index (χ2n) is 12.2. The number of nitrogens with two attached hydrogens (primary N) is 1. The van der Waals surface area contributed by atoms with Crippen LogP contribution in [0.5, 0.6) is 0 Å². The minimum Gasteiger partial charge on any atom is -0.444 e. The van der Waals surface area contributed by atoms with Crippen LogP contribution < -0.4 is 11.1 Å². The molecule has 3 unspecified atom stereocenters. The van der Waals surface area contributed by atoms with Gasteiger partial charge < -0.3 is 25.8 Å². The van der Waals surface area contributed by atoms with Crippen LogP contribution in [0.3, 0.4) is 0 Å². The molecule has 4 bridgehead atoms. The third kappa shape index (κ3) is 4.11. The molecule has 4 saturated carbocycles. The highest BCUT2D eigenvalue weighted by atomic mass is 16.6. The second kappa shape index (κ2) is 7.61. The summed E-state index contributed by atoms with van der Waals surface area (Å²) in [7, 11) is 0. The summed E-state index contributed by atoms with van der Waals surface area (Å²) in [5, 5.41) is 14.2. The van der Waals surface area contributed by atoms with Crippen molar-refractivity contribution in [2.45, 2.75) is 109 Å². The summed E-state index contributed by atoms with van der Waals surface area (Å²) < 4.78 is 5.52. The molecule has 5 rings (SSSR count). The van der Waals surface area contributed by atoms with Crippen LogP contribution >= 0.6 is 0 Å². The van der Waals surface area contributed by atoms with Gasteiger partial charge >= 0.3 is 6.09 Å². The zero-order chi connectivity index (χ0) is 23.6. The third-order valence-corrected chi connectivity index (χ3v) is 8.37. The van der Waals surface area contributed by atoms with Crippen molar-refractivity contribution < 1.29 is 24.2 Å². The molecule has 32 heavy (non-hydrogen) atoms. The fourth-order valence-corrected chi connectivity index (χ4v) is 7.50. The Morgan fingerprint density at radius 3 is 2.19 bits per heavy atom. The first-order chi connectivity index (χ1) is 14.7. The summed E-state index contributed by atoms with van der Waals surface area (Å²) in [4.78, 5) is 40.8. The fraction of sp³-hybridized carbons (Fsp3) is 0.875. The first-order valence-electron chi connectivity index (χ1n) is 12.1. The number of likely N-dealkylation sites (tertiary alicyclic amines) is 1. The van der Waals surface area contributed by atoms with E-state index in [2.05, 4.69) is 5.32 Å². The average molecular weight is 450 g/mol. The number of ether oxygens (including phenoxy) is 1. The number of hydrogen-bond acceptors (Lipinski definition) is 5. The van der Waals surface area contributed by atoms with Gasteiger partial charge in [-0.2, -0.15) is 0 Å². The molecular weight excluding hydrogens is 410 g/mol. The summed E-state index contributed by atoms with van der Waals surface area (Å²) in [6.07, 6.45) is 4.53. The van der Waals surface area contributed by atoms with Crippen LogP contribution in [0.15, 0.2) is 0 Å². The van der Waals surface area contributed by atoms with Crippen molar-refractivity contribution in [2.24, 2.45) is 28.9 Å². The molecule has 0 aromatic carbocycles. The van der Waals surface area contributed by atoms with Crippen LogP contribution in [0.2, 0.25) is 0 Å². The fourth-order valence-electron chi connectivity index (χ4n) is 7.50. The predicted molar refractivity (Wildman–Crippen MR) is 118 cm³/mol. The van der Waals surface area contributed by atoms with Crippen LogP contribution in [0.1, 0.15) is 79.6 Å². The number of nitrogens with one attached hydrogen (secondary N) is 1. The second-order valence-corrected chi connectivity index (χ2v) is 12.2. The van der Waals surface area contributed by atoms with Crippen molar-refractivity contribution >= 4 is 17.9 Å². The highest BCUT2D eigenvalue weighted by Crippen LogP contribution is 2.63. The monoisotopic (exact) mass is 449 g/mol. The summed E-state index contributed by atoms with van der Waals surface area (Å²) >= 11 is 0. The van der Waals surface area contributed by atoms with Gasteiger partial charge in [0.2, 0.25) is 11.8 Å². The Bertz CT molecular complexity index is 792. The predicted octanol–water partition coefficient (Wildman–Crippen LogP) is 2.32. The van der Waals surface area contributed by atoms with Gasteiger partial charge in [-0.05, 0) is 90.4 Å². The van der Waals surface area contributed by atoms with Gasteiger partial charge in [-0.15, -0.1) is 0 Å². The maximum Gasteiger partial charge on any atom is 0.408 e. The molecule has 0 aromatic rings. The summed E-state index contributed by atoms with van der Waals surface area (Å²) in [6, 6.07) is -1.71. The van der Waals surface area contributed by atoms with Crippen LogP contribution in [0.25, 0.3) is 0 Å². The molecule has 4 N–H and O–H groups in total. The van der Waals surface area contributed by atoms with Gasteiger partial charge in [0, 0.05) is 11.5 Å². The van der Waals surface area contributed by atoms with Crippen LogP contribution in [-0.2, 0) is 14.3 Å². The number of nitrogens with zero attached hydrogens (tertiary/aromatic N) is 1. The van der Waals surface area contributed by atoms with Crippen molar-refractivity contribution in [1.29, 1.82) is 0 Å². The first kappa shape index (κ1) is 23.3. The van der Waals surface area contributed by atoms with E-state index in [-0.39, 0.29) is 17.9 Å². The van der Waals surface area contributed by atoms with Gasteiger partial charge in [0.15, 0.2) is 0 Å². The number of hydrogen-bond donors (Lipinski definition) is 3. The Kier molecular flexibility index (Phi) is 5.55. The normalized spacial score (nSPS) is 41.4. The topological polar surface area (TPSA) is 122 Å². The Morgan fingerprint density at radius 1 is 1.09 bits per heavy atom. The quantitative estimate of drug-likeness (QED) is 0.608. The Morgan fingerprint density at radius 2 is 1.69 bits per heavy atom. The van der Waals surface area contributed by atoms with E-state index in [0.717, 1.165) is 32.1 Å². The highest BCUT2D eigenvalue weighted by molar-refractivity contribution is 5.92. The number of aliphatic hydroxyl groups is 1. The minimum atomic E-state index is -0.857. The molecule has 0 radical (unpaired) electrons. The van der Waals surface area contributed by atoms with Gasteiger partial charge in [0.1, 0.15) is 17.7 Å². The maximum absolute atomic E-state index is 14.1. The molecular formula is C24H39N3O5. The van der Waals surface area contributed by atoms with E-state index >= 15 is 0 Å².